The highest BCUT2D eigenvalue weighted by molar-refractivity contribution is 9.10. The molecule has 2 aromatic carbocycles. The number of allylic oxidation sites excluding steroid dienone is 1. The van der Waals surface area contributed by atoms with Crippen LogP contribution in [0, 0.1) is 24.1 Å². The number of fused-ring (bicyclic) bond motifs is 1. The molecule has 9 heteroatoms. The van der Waals surface area contributed by atoms with Crippen LogP contribution in [0.2, 0.25) is 0 Å². The van der Waals surface area contributed by atoms with Crippen molar-refractivity contribution in [2.75, 3.05) is 6.61 Å². The summed E-state index contributed by atoms with van der Waals surface area (Å²) in [5.74, 6) is 0.383. The minimum atomic E-state index is -0.501. The van der Waals surface area contributed by atoms with Gasteiger partial charge >= 0.3 is 0 Å². The van der Waals surface area contributed by atoms with Gasteiger partial charge in [-0.1, -0.05) is 18.2 Å². The van der Waals surface area contributed by atoms with E-state index in [0.29, 0.717) is 34.0 Å². The van der Waals surface area contributed by atoms with Crippen molar-refractivity contribution < 1.29 is 18.6 Å². The molecular formula is C23H20BrFN4O3. The molecule has 0 saturated heterocycles. The minimum Gasteiger partial charge on any atom is -0.490 e. The Morgan fingerprint density at radius 1 is 1.31 bits per heavy atom. The van der Waals surface area contributed by atoms with Crippen LogP contribution in [0.4, 0.5) is 4.39 Å². The van der Waals surface area contributed by atoms with Gasteiger partial charge in [0.2, 0.25) is 11.8 Å². The molecule has 0 saturated carbocycles. The molecule has 1 aliphatic heterocycles. The Bertz CT molecular complexity index is 1250. The largest absolute Gasteiger partial charge is 0.490 e. The van der Waals surface area contributed by atoms with Crippen molar-refractivity contribution in [2.24, 2.45) is 5.73 Å². The third-order valence-electron chi connectivity index (χ3n) is 5.12. The van der Waals surface area contributed by atoms with E-state index in [1.54, 1.807) is 24.3 Å². The number of aromatic amines is 1. The Morgan fingerprint density at radius 3 is 2.81 bits per heavy atom. The molecule has 0 amide bonds. The van der Waals surface area contributed by atoms with Crippen molar-refractivity contribution in [1.29, 1.82) is 5.26 Å². The maximum Gasteiger partial charge on any atom is 0.244 e. The predicted molar refractivity (Wildman–Crippen MR) is 119 cm³/mol. The van der Waals surface area contributed by atoms with Gasteiger partial charge in [0, 0.05) is 16.8 Å². The summed E-state index contributed by atoms with van der Waals surface area (Å²) in [6, 6.07) is 12.2. The molecule has 0 bridgehead atoms. The number of nitrogens with one attached hydrogen (secondary N) is 1. The van der Waals surface area contributed by atoms with Crippen LogP contribution in [-0.2, 0) is 6.61 Å². The van der Waals surface area contributed by atoms with Crippen molar-refractivity contribution in [1.82, 2.24) is 10.2 Å². The summed E-state index contributed by atoms with van der Waals surface area (Å²) in [7, 11) is 0. The molecule has 0 radical (unpaired) electrons. The first-order chi connectivity index (χ1) is 15.4. The molecule has 0 aliphatic carbocycles. The number of halogens is 2. The van der Waals surface area contributed by atoms with Crippen molar-refractivity contribution >= 4 is 15.9 Å². The topological polar surface area (TPSA) is 106 Å². The fourth-order valence-corrected chi connectivity index (χ4v) is 4.23. The van der Waals surface area contributed by atoms with Crippen LogP contribution in [0.1, 0.15) is 35.2 Å². The van der Waals surface area contributed by atoms with Gasteiger partial charge in [0.25, 0.3) is 0 Å². The highest BCUT2D eigenvalue weighted by atomic mass is 79.9. The predicted octanol–water partition coefficient (Wildman–Crippen LogP) is 4.82. The average Bonchev–Trinajstić information content (AvgIpc) is 3.13. The van der Waals surface area contributed by atoms with Gasteiger partial charge in [0.1, 0.15) is 24.1 Å². The van der Waals surface area contributed by atoms with Gasteiger partial charge in [-0.2, -0.15) is 5.26 Å². The van der Waals surface area contributed by atoms with E-state index in [9.17, 15) is 9.65 Å². The number of hydrogen-bond acceptors (Lipinski definition) is 6. The number of ether oxygens (including phenoxy) is 3. The molecular weight excluding hydrogens is 479 g/mol. The zero-order valence-electron chi connectivity index (χ0n) is 17.4. The van der Waals surface area contributed by atoms with Crippen molar-refractivity contribution in [2.45, 2.75) is 26.4 Å². The summed E-state index contributed by atoms with van der Waals surface area (Å²) >= 11 is 3.55. The molecule has 3 aromatic rings. The van der Waals surface area contributed by atoms with Crippen LogP contribution in [0.3, 0.4) is 0 Å². The van der Waals surface area contributed by atoms with Gasteiger partial charge in [0.15, 0.2) is 11.5 Å². The van der Waals surface area contributed by atoms with E-state index >= 15 is 0 Å². The van der Waals surface area contributed by atoms with E-state index in [-0.39, 0.29) is 23.9 Å². The number of hydrogen-bond donors (Lipinski definition) is 2. The van der Waals surface area contributed by atoms with E-state index in [0.717, 1.165) is 16.8 Å². The second-order valence-electron chi connectivity index (χ2n) is 7.14. The second-order valence-corrected chi connectivity index (χ2v) is 7.99. The van der Waals surface area contributed by atoms with Gasteiger partial charge in [-0.05, 0) is 53.5 Å². The fraction of sp³-hybridized carbons (Fsp3) is 0.217. The van der Waals surface area contributed by atoms with Crippen LogP contribution in [0.15, 0.2) is 52.3 Å². The zero-order valence-corrected chi connectivity index (χ0v) is 19.0. The van der Waals surface area contributed by atoms with E-state index in [1.807, 2.05) is 19.9 Å². The number of aromatic nitrogens is 2. The van der Waals surface area contributed by atoms with Crippen LogP contribution in [0.25, 0.3) is 0 Å². The number of aryl methyl sites for hydroxylation is 1. The Hall–Kier alpha value is -3.51. The quantitative estimate of drug-likeness (QED) is 0.504. The van der Waals surface area contributed by atoms with E-state index in [1.165, 1.54) is 6.07 Å². The monoisotopic (exact) mass is 498 g/mol. The van der Waals surface area contributed by atoms with E-state index in [2.05, 4.69) is 32.2 Å². The molecule has 32 heavy (non-hydrogen) atoms. The number of benzene rings is 2. The average molecular weight is 499 g/mol. The lowest BCUT2D eigenvalue weighted by molar-refractivity contribution is 0.264. The lowest BCUT2D eigenvalue weighted by Gasteiger charge is -2.25. The van der Waals surface area contributed by atoms with Gasteiger partial charge < -0.3 is 19.9 Å². The summed E-state index contributed by atoms with van der Waals surface area (Å²) < 4.78 is 31.9. The van der Waals surface area contributed by atoms with Gasteiger partial charge in [0.05, 0.1) is 17.0 Å². The molecule has 1 aliphatic rings. The van der Waals surface area contributed by atoms with Gasteiger partial charge in [-0.3, -0.25) is 5.10 Å². The molecule has 3 N–H and O–H groups in total. The van der Waals surface area contributed by atoms with Crippen molar-refractivity contribution in [3.63, 3.8) is 0 Å². The Labute approximate surface area is 192 Å². The van der Waals surface area contributed by atoms with E-state index < -0.39 is 5.92 Å². The second kappa shape index (κ2) is 8.93. The molecule has 2 heterocycles. The van der Waals surface area contributed by atoms with Crippen LogP contribution in [-0.4, -0.2) is 16.8 Å². The summed E-state index contributed by atoms with van der Waals surface area (Å²) in [5, 5.41) is 16.8. The lowest BCUT2D eigenvalue weighted by Crippen LogP contribution is -2.21. The first kappa shape index (κ1) is 21.7. The number of H-pyrrole nitrogens is 1. The summed E-state index contributed by atoms with van der Waals surface area (Å²) in [5.41, 5.74) is 8.94. The van der Waals surface area contributed by atoms with Gasteiger partial charge in [-0.25, -0.2) is 4.39 Å². The molecule has 7 nitrogen and oxygen atoms in total. The normalized spacial score (nSPS) is 15.0. The molecule has 0 spiro atoms. The molecule has 1 aromatic heterocycles. The first-order valence-electron chi connectivity index (χ1n) is 9.89. The lowest BCUT2D eigenvalue weighted by atomic mass is 9.84. The first-order valence-corrected chi connectivity index (χ1v) is 10.7. The fourth-order valence-electron chi connectivity index (χ4n) is 3.65. The SMILES string of the molecule is CCOc1cc([C@@H]2C(C#N)=C(N)Oc3n[nH]c(C)c32)cc(Br)c1OCc1ccccc1F. The summed E-state index contributed by atoms with van der Waals surface area (Å²) in [4.78, 5) is 0. The number of nitrogens with zero attached hydrogens (tertiary/aromatic N) is 2. The smallest absolute Gasteiger partial charge is 0.244 e. The van der Waals surface area contributed by atoms with Crippen LogP contribution < -0.4 is 19.9 Å². The standard InChI is InChI=1S/C23H20BrFN4O3/c1-3-30-18-9-14(8-16(24)21(18)31-11-13-6-4-5-7-17(13)25)20-15(10-26)22(27)32-23-19(20)12(2)28-29-23/h4-9,20H,3,11,27H2,1-2H3,(H,28,29)/t20-/m1/s1. The molecule has 4 rings (SSSR count). The van der Waals surface area contributed by atoms with Crippen LogP contribution >= 0.6 is 15.9 Å². The number of rotatable bonds is 6. The van der Waals surface area contributed by atoms with Crippen LogP contribution in [0.5, 0.6) is 17.4 Å². The molecule has 164 valence electrons. The maximum absolute atomic E-state index is 14.0. The highest BCUT2D eigenvalue weighted by Gasteiger charge is 2.35. The molecule has 0 fully saturated rings. The summed E-state index contributed by atoms with van der Waals surface area (Å²) in [6.07, 6.45) is 0. The van der Waals surface area contributed by atoms with Crippen molar-refractivity contribution in [3.05, 3.63) is 80.5 Å². The third-order valence-corrected chi connectivity index (χ3v) is 5.71. The van der Waals surface area contributed by atoms with Crippen molar-refractivity contribution in [3.8, 4) is 23.4 Å². The molecule has 1 atom stereocenters. The summed E-state index contributed by atoms with van der Waals surface area (Å²) in [6.45, 7) is 4.12. The highest BCUT2D eigenvalue weighted by Crippen LogP contribution is 2.46. The Balaban J connectivity index is 1.77. The minimum absolute atomic E-state index is 0.00506. The zero-order chi connectivity index (χ0) is 22.8. The molecule has 0 unspecified atom stereocenters. The number of nitriles is 1. The Kier molecular flexibility index (Phi) is 6.06. The van der Waals surface area contributed by atoms with Gasteiger partial charge in [-0.15, -0.1) is 5.10 Å². The third kappa shape index (κ3) is 3.89. The number of nitrogens with two attached hydrogens (primary N) is 1. The maximum atomic E-state index is 14.0. The Morgan fingerprint density at radius 2 is 2.09 bits per heavy atom. The van der Waals surface area contributed by atoms with E-state index in [4.69, 9.17) is 19.9 Å².